The van der Waals surface area contributed by atoms with Crippen molar-refractivity contribution in [3.05, 3.63) is 29.3 Å². The van der Waals surface area contributed by atoms with Gasteiger partial charge in [-0.2, -0.15) is 24.9 Å². The predicted octanol–water partition coefficient (Wildman–Crippen LogP) is 3.96. The molecule has 144 valence electrons. The van der Waals surface area contributed by atoms with E-state index in [0.29, 0.717) is 24.4 Å². The van der Waals surface area contributed by atoms with E-state index in [-0.39, 0.29) is 17.9 Å². The highest BCUT2D eigenvalue weighted by molar-refractivity contribution is 7.99. The number of thioether (sulfide) groups is 1. The minimum absolute atomic E-state index is 0.0359. The summed E-state index contributed by atoms with van der Waals surface area (Å²) in [5, 5.41) is 3.00. The molecule has 1 aromatic carbocycles. The van der Waals surface area contributed by atoms with E-state index in [1.165, 1.54) is 6.07 Å². The number of nitrogens with zero attached hydrogens (tertiary/aromatic N) is 1. The van der Waals surface area contributed by atoms with Gasteiger partial charge < -0.3 is 10.2 Å². The highest BCUT2D eigenvalue weighted by Gasteiger charge is 2.41. The molecule has 26 heavy (non-hydrogen) atoms. The van der Waals surface area contributed by atoms with E-state index in [2.05, 4.69) is 24.1 Å². The fourth-order valence-electron chi connectivity index (χ4n) is 3.72. The fourth-order valence-corrected chi connectivity index (χ4v) is 4.86. The van der Waals surface area contributed by atoms with Crippen LogP contribution in [0.1, 0.15) is 31.4 Å². The molecule has 2 aliphatic heterocycles. The molecular weight excluding hydrogens is 361 g/mol. The van der Waals surface area contributed by atoms with Crippen LogP contribution in [0.4, 0.5) is 18.9 Å². The number of fused-ring (bicyclic) bond motifs is 3. The number of benzene rings is 1. The molecule has 1 saturated heterocycles. The summed E-state index contributed by atoms with van der Waals surface area (Å²) < 4.78 is 39.3. The first-order valence-electron chi connectivity index (χ1n) is 9.09. The van der Waals surface area contributed by atoms with Crippen LogP contribution in [-0.4, -0.2) is 36.5 Å². The van der Waals surface area contributed by atoms with E-state index in [0.717, 1.165) is 36.2 Å². The number of amides is 1. The Labute approximate surface area is 156 Å². The van der Waals surface area contributed by atoms with E-state index < -0.39 is 11.7 Å². The molecule has 1 N–H and O–H groups in total. The Morgan fingerprint density at radius 2 is 2.15 bits per heavy atom. The van der Waals surface area contributed by atoms with Crippen LogP contribution in [0, 0.1) is 11.8 Å². The second kappa shape index (κ2) is 7.71. The molecule has 0 aliphatic carbocycles. The van der Waals surface area contributed by atoms with Crippen molar-refractivity contribution in [3.63, 3.8) is 0 Å². The number of carbonyl (C=O) groups is 1. The van der Waals surface area contributed by atoms with Crippen molar-refractivity contribution in [1.29, 1.82) is 0 Å². The van der Waals surface area contributed by atoms with Crippen LogP contribution in [0.15, 0.2) is 18.2 Å². The topological polar surface area (TPSA) is 32.3 Å². The summed E-state index contributed by atoms with van der Waals surface area (Å²) in [7, 11) is 0. The SMILES string of the molecule is CC(C)CCNC(=O)[C@H]1Cc2cc(C(F)(F)F)ccc2N2CCSC[C@@H]12. The number of hydrogen-bond acceptors (Lipinski definition) is 3. The first kappa shape index (κ1) is 19.4. The molecule has 2 heterocycles. The monoisotopic (exact) mass is 386 g/mol. The summed E-state index contributed by atoms with van der Waals surface area (Å²) in [5.74, 6) is 1.93. The predicted molar refractivity (Wildman–Crippen MR) is 99.6 cm³/mol. The van der Waals surface area contributed by atoms with Gasteiger partial charge in [-0.25, -0.2) is 0 Å². The van der Waals surface area contributed by atoms with E-state index in [4.69, 9.17) is 0 Å². The summed E-state index contributed by atoms with van der Waals surface area (Å²) >= 11 is 1.81. The van der Waals surface area contributed by atoms with Crippen LogP contribution in [0.3, 0.4) is 0 Å². The number of rotatable bonds is 4. The fraction of sp³-hybridized carbons (Fsp3) is 0.632. The number of anilines is 1. The van der Waals surface area contributed by atoms with Gasteiger partial charge in [0, 0.05) is 36.3 Å². The van der Waals surface area contributed by atoms with Crippen molar-refractivity contribution in [2.75, 3.05) is 29.5 Å². The van der Waals surface area contributed by atoms with Gasteiger partial charge in [0.25, 0.3) is 0 Å². The van der Waals surface area contributed by atoms with Gasteiger partial charge in [0.2, 0.25) is 5.91 Å². The zero-order chi connectivity index (χ0) is 18.9. The summed E-state index contributed by atoms with van der Waals surface area (Å²) in [6, 6.07) is 4.01. The summed E-state index contributed by atoms with van der Waals surface area (Å²) in [4.78, 5) is 14.9. The molecule has 2 atom stereocenters. The largest absolute Gasteiger partial charge is 0.416 e. The molecule has 0 radical (unpaired) electrons. The van der Waals surface area contributed by atoms with E-state index >= 15 is 0 Å². The Morgan fingerprint density at radius 3 is 2.85 bits per heavy atom. The second-order valence-corrected chi connectivity index (χ2v) is 8.61. The van der Waals surface area contributed by atoms with Crippen molar-refractivity contribution in [2.45, 2.75) is 38.9 Å². The maximum absolute atomic E-state index is 13.1. The second-order valence-electron chi connectivity index (χ2n) is 7.46. The molecule has 0 saturated carbocycles. The lowest BCUT2D eigenvalue weighted by Gasteiger charge is -2.45. The van der Waals surface area contributed by atoms with Gasteiger partial charge >= 0.3 is 6.18 Å². The summed E-state index contributed by atoms with van der Waals surface area (Å²) in [6.45, 7) is 5.58. The number of nitrogens with one attached hydrogen (secondary N) is 1. The lowest BCUT2D eigenvalue weighted by molar-refractivity contribution is -0.137. The quantitative estimate of drug-likeness (QED) is 0.850. The van der Waals surface area contributed by atoms with E-state index in [9.17, 15) is 18.0 Å². The van der Waals surface area contributed by atoms with E-state index in [1.54, 1.807) is 6.07 Å². The van der Waals surface area contributed by atoms with Crippen LogP contribution in [0.5, 0.6) is 0 Å². The maximum atomic E-state index is 13.1. The molecular formula is C19H25F3N2OS. The van der Waals surface area contributed by atoms with Gasteiger partial charge in [0.1, 0.15) is 0 Å². The number of alkyl halides is 3. The average Bonchev–Trinajstić information content (AvgIpc) is 2.59. The maximum Gasteiger partial charge on any atom is 0.416 e. The van der Waals surface area contributed by atoms with Crippen molar-refractivity contribution >= 4 is 23.4 Å². The summed E-state index contributed by atoms with van der Waals surface area (Å²) in [5.41, 5.74) is 0.849. The smallest absolute Gasteiger partial charge is 0.366 e. The molecule has 1 aromatic rings. The van der Waals surface area contributed by atoms with Gasteiger partial charge in [-0.15, -0.1) is 0 Å². The third kappa shape index (κ3) is 4.13. The number of carbonyl (C=O) groups excluding carboxylic acids is 1. The van der Waals surface area contributed by atoms with Gasteiger partial charge in [0.15, 0.2) is 0 Å². The minimum Gasteiger partial charge on any atom is -0.366 e. The van der Waals surface area contributed by atoms with Crippen molar-refractivity contribution in [2.24, 2.45) is 11.8 Å². The molecule has 1 amide bonds. The summed E-state index contributed by atoms with van der Waals surface area (Å²) in [6.07, 6.45) is -3.09. The van der Waals surface area contributed by atoms with Crippen LogP contribution in [0.2, 0.25) is 0 Å². The molecule has 3 nitrogen and oxygen atoms in total. The highest BCUT2D eigenvalue weighted by Crippen LogP contribution is 2.40. The van der Waals surface area contributed by atoms with Crippen molar-refractivity contribution in [3.8, 4) is 0 Å². The molecule has 1 fully saturated rings. The Morgan fingerprint density at radius 1 is 1.38 bits per heavy atom. The normalized spacial score (nSPS) is 22.8. The number of hydrogen-bond donors (Lipinski definition) is 1. The van der Waals surface area contributed by atoms with Crippen LogP contribution < -0.4 is 10.2 Å². The first-order valence-corrected chi connectivity index (χ1v) is 10.2. The third-order valence-corrected chi connectivity index (χ3v) is 6.19. The van der Waals surface area contributed by atoms with Crippen molar-refractivity contribution < 1.29 is 18.0 Å². The standard InChI is InChI=1S/C19H25F3N2OS/c1-12(2)5-6-23-18(25)15-10-13-9-14(19(20,21)22)3-4-16(13)24-7-8-26-11-17(15)24/h3-4,9,12,15,17H,5-8,10-11H2,1-2H3,(H,23,25)/t15-,17-/m0/s1. The molecule has 0 spiro atoms. The minimum atomic E-state index is -4.36. The Hall–Kier alpha value is -1.37. The van der Waals surface area contributed by atoms with E-state index in [1.807, 2.05) is 11.8 Å². The molecule has 0 aromatic heterocycles. The van der Waals surface area contributed by atoms with Gasteiger partial charge in [0.05, 0.1) is 11.5 Å². The van der Waals surface area contributed by atoms with Crippen LogP contribution in [0.25, 0.3) is 0 Å². The Balaban J connectivity index is 1.85. The lowest BCUT2D eigenvalue weighted by Crippen LogP contribution is -2.55. The highest BCUT2D eigenvalue weighted by atomic mass is 32.2. The van der Waals surface area contributed by atoms with Gasteiger partial charge in [-0.3, -0.25) is 4.79 Å². The molecule has 3 rings (SSSR count). The molecule has 0 bridgehead atoms. The van der Waals surface area contributed by atoms with Crippen LogP contribution >= 0.6 is 11.8 Å². The van der Waals surface area contributed by atoms with Crippen molar-refractivity contribution in [1.82, 2.24) is 5.32 Å². The zero-order valence-electron chi connectivity index (χ0n) is 15.1. The third-order valence-electron chi connectivity index (χ3n) is 5.14. The van der Waals surface area contributed by atoms with Gasteiger partial charge in [-0.05, 0) is 42.5 Å². The van der Waals surface area contributed by atoms with Gasteiger partial charge in [-0.1, -0.05) is 13.8 Å². The Bertz CT molecular complexity index is 663. The number of halogens is 3. The average molecular weight is 386 g/mol. The molecule has 7 heteroatoms. The van der Waals surface area contributed by atoms with Crippen LogP contribution in [-0.2, 0) is 17.4 Å². The molecule has 0 unspecified atom stereocenters. The Kier molecular flexibility index (Phi) is 5.75. The zero-order valence-corrected chi connectivity index (χ0v) is 15.9. The first-order chi connectivity index (χ1) is 12.3. The molecule has 2 aliphatic rings. The lowest BCUT2D eigenvalue weighted by atomic mass is 9.84.